The maximum atomic E-state index is 12.9. The Kier molecular flexibility index (Phi) is 4.17. The molecule has 3 heteroatoms. The van der Waals surface area contributed by atoms with Crippen LogP contribution in [-0.4, -0.2) is 36.0 Å². The molecule has 2 aliphatic heterocycles. The minimum Gasteiger partial charge on any atom is -0.633 e. The fraction of sp³-hybridized carbons (Fsp3) is 0.484. The Labute approximate surface area is 203 Å². The van der Waals surface area contributed by atoms with Gasteiger partial charge in [-0.05, 0) is 71.2 Å². The number of rotatable bonds is 2. The van der Waals surface area contributed by atoms with Gasteiger partial charge in [0.1, 0.15) is 0 Å². The van der Waals surface area contributed by atoms with Gasteiger partial charge in [0.15, 0.2) is 0 Å². The molecule has 176 valence electrons. The van der Waals surface area contributed by atoms with Crippen LogP contribution in [0.4, 0.5) is 0 Å². The maximum Gasteiger partial charge on any atom is 0.0980 e. The van der Waals surface area contributed by atoms with Gasteiger partial charge in [-0.3, -0.25) is 0 Å². The Morgan fingerprint density at radius 3 is 2.68 bits per heavy atom. The van der Waals surface area contributed by atoms with Gasteiger partial charge in [0.2, 0.25) is 0 Å². The molecular formula is C31H35NO2. The number of nitrogens with zero attached hydrogens (tertiary/aromatic N) is 1. The van der Waals surface area contributed by atoms with Crippen molar-refractivity contribution in [3.05, 3.63) is 82.6 Å². The van der Waals surface area contributed by atoms with E-state index in [1.165, 1.54) is 33.1 Å². The normalized spacial score (nSPS) is 38.5. The summed E-state index contributed by atoms with van der Waals surface area (Å²) >= 11 is 0. The fourth-order valence-corrected chi connectivity index (χ4v) is 8.30. The third-order valence-corrected chi connectivity index (χ3v) is 10.2. The third-order valence-electron chi connectivity index (χ3n) is 10.2. The van der Waals surface area contributed by atoms with Gasteiger partial charge in [-0.2, -0.15) is 0 Å². The van der Waals surface area contributed by atoms with Crippen LogP contribution in [0.15, 0.2) is 71.8 Å². The highest BCUT2D eigenvalue weighted by molar-refractivity contribution is 5.87. The van der Waals surface area contributed by atoms with Crippen LogP contribution in [0.5, 0.6) is 0 Å². The van der Waals surface area contributed by atoms with E-state index in [1.54, 1.807) is 0 Å². The highest BCUT2D eigenvalue weighted by atomic mass is 16.5. The van der Waals surface area contributed by atoms with E-state index in [4.69, 9.17) is 4.74 Å². The SMILES string of the molecule is C[C@]12CC=C3C=C4CC[C@@H]([N+](C)(C)[O-])C[C@]45CC[C@]3(O5)[C@@H]1CC=C2c1ccc2ccccc2c1. The molecular weight excluding hydrogens is 418 g/mol. The summed E-state index contributed by atoms with van der Waals surface area (Å²) in [6.45, 7) is 2.47. The molecule has 0 amide bonds. The molecule has 2 spiro atoms. The van der Waals surface area contributed by atoms with E-state index >= 15 is 0 Å². The Morgan fingerprint density at radius 1 is 1.03 bits per heavy atom. The van der Waals surface area contributed by atoms with Crippen molar-refractivity contribution >= 4 is 16.3 Å². The Balaban J connectivity index is 1.27. The van der Waals surface area contributed by atoms with Crippen molar-refractivity contribution in [1.29, 1.82) is 0 Å². The first-order valence-corrected chi connectivity index (χ1v) is 13.1. The summed E-state index contributed by atoms with van der Waals surface area (Å²) in [5, 5.41) is 15.5. The van der Waals surface area contributed by atoms with Crippen molar-refractivity contribution in [2.75, 3.05) is 14.1 Å². The maximum absolute atomic E-state index is 12.9. The number of hydroxylamine groups is 3. The monoisotopic (exact) mass is 453 g/mol. The average molecular weight is 454 g/mol. The molecule has 2 bridgehead atoms. The summed E-state index contributed by atoms with van der Waals surface area (Å²) in [5.74, 6) is 0.453. The lowest BCUT2D eigenvalue weighted by Crippen LogP contribution is -2.56. The van der Waals surface area contributed by atoms with Gasteiger partial charge in [0.25, 0.3) is 0 Å². The molecule has 2 fully saturated rings. The van der Waals surface area contributed by atoms with Crippen LogP contribution in [-0.2, 0) is 4.74 Å². The van der Waals surface area contributed by atoms with E-state index in [9.17, 15) is 5.21 Å². The number of fused-ring (bicyclic) bond motifs is 2. The molecule has 0 unspecified atom stereocenters. The second kappa shape index (κ2) is 6.72. The lowest BCUT2D eigenvalue weighted by Gasteiger charge is -2.55. The molecule has 0 aromatic heterocycles. The predicted octanol–water partition coefficient (Wildman–Crippen LogP) is 6.93. The van der Waals surface area contributed by atoms with Crippen molar-refractivity contribution in [2.24, 2.45) is 11.3 Å². The molecule has 1 saturated heterocycles. The van der Waals surface area contributed by atoms with E-state index < -0.39 is 0 Å². The molecule has 0 radical (unpaired) electrons. The largest absolute Gasteiger partial charge is 0.633 e. The van der Waals surface area contributed by atoms with E-state index in [-0.39, 0.29) is 27.3 Å². The molecule has 34 heavy (non-hydrogen) atoms. The quantitative estimate of drug-likeness (QED) is 0.365. The fourth-order valence-electron chi connectivity index (χ4n) is 8.30. The van der Waals surface area contributed by atoms with Crippen LogP contribution < -0.4 is 0 Å². The molecule has 7 rings (SSSR count). The topological polar surface area (TPSA) is 32.3 Å². The van der Waals surface area contributed by atoms with Gasteiger partial charge in [-0.25, -0.2) is 0 Å². The highest BCUT2D eigenvalue weighted by Crippen LogP contribution is 2.67. The van der Waals surface area contributed by atoms with Crippen LogP contribution in [0, 0.1) is 16.5 Å². The zero-order valence-corrected chi connectivity index (χ0v) is 20.6. The second-order valence-electron chi connectivity index (χ2n) is 12.2. The van der Waals surface area contributed by atoms with E-state index in [0.717, 1.165) is 44.9 Å². The number of hydrogen-bond acceptors (Lipinski definition) is 2. The number of quaternary nitrogens is 1. The first kappa shape index (κ1) is 21.1. The Hall–Kier alpha value is -2.20. The van der Waals surface area contributed by atoms with Gasteiger partial charge in [-0.15, -0.1) is 0 Å². The van der Waals surface area contributed by atoms with Crippen molar-refractivity contribution in [1.82, 2.24) is 0 Å². The van der Waals surface area contributed by atoms with Crippen LogP contribution in [0.25, 0.3) is 16.3 Å². The molecule has 2 aromatic rings. The molecule has 0 N–H and O–H groups in total. The molecule has 3 nitrogen and oxygen atoms in total. The zero-order chi connectivity index (χ0) is 23.3. The summed E-state index contributed by atoms with van der Waals surface area (Å²) in [4.78, 5) is 0. The van der Waals surface area contributed by atoms with Gasteiger partial charge in [-0.1, -0.05) is 61.5 Å². The molecule has 5 atom stereocenters. The minimum atomic E-state index is -0.218. The van der Waals surface area contributed by atoms with Crippen molar-refractivity contribution in [3.8, 4) is 0 Å². The number of hydrogen-bond donors (Lipinski definition) is 0. The van der Waals surface area contributed by atoms with Crippen LogP contribution >= 0.6 is 0 Å². The lowest BCUT2D eigenvalue weighted by molar-refractivity contribution is -0.869. The van der Waals surface area contributed by atoms with Gasteiger partial charge < -0.3 is 14.6 Å². The van der Waals surface area contributed by atoms with E-state index in [1.807, 2.05) is 14.1 Å². The number of benzene rings is 2. The summed E-state index contributed by atoms with van der Waals surface area (Å²) in [6.07, 6.45) is 14.6. The summed E-state index contributed by atoms with van der Waals surface area (Å²) in [5.41, 5.74) is 5.40. The van der Waals surface area contributed by atoms with Gasteiger partial charge in [0.05, 0.1) is 31.3 Å². The number of ether oxygens (including phenoxy) is 1. The van der Waals surface area contributed by atoms with Gasteiger partial charge in [0, 0.05) is 24.2 Å². The molecule has 2 aromatic carbocycles. The number of allylic oxidation sites excluding steroid dienone is 3. The van der Waals surface area contributed by atoms with Crippen LogP contribution in [0.3, 0.4) is 0 Å². The summed E-state index contributed by atoms with van der Waals surface area (Å²) in [7, 11) is 3.62. The highest BCUT2D eigenvalue weighted by Gasteiger charge is 2.65. The first-order chi connectivity index (χ1) is 16.2. The third kappa shape index (κ3) is 2.69. The summed E-state index contributed by atoms with van der Waals surface area (Å²) in [6, 6.07) is 15.7. The molecule has 2 heterocycles. The smallest absolute Gasteiger partial charge is 0.0980 e. The molecule has 3 aliphatic carbocycles. The van der Waals surface area contributed by atoms with E-state index in [0.29, 0.717) is 5.92 Å². The van der Waals surface area contributed by atoms with Crippen molar-refractivity contribution in [2.45, 2.75) is 69.1 Å². The zero-order valence-electron chi connectivity index (χ0n) is 20.6. The lowest BCUT2D eigenvalue weighted by atomic mass is 9.58. The Bertz CT molecular complexity index is 1300. The second-order valence-corrected chi connectivity index (χ2v) is 12.2. The van der Waals surface area contributed by atoms with Gasteiger partial charge >= 0.3 is 0 Å². The van der Waals surface area contributed by atoms with E-state index in [2.05, 4.69) is 67.6 Å². The predicted molar refractivity (Wildman–Crippen MR) is 138 cm³/mol. The van der Waals surface area contributed by atoms with Crippen molar-refractivity contribution in [3.63, 3.8) is 0 Å². The molecule has 5 aliphatic rings. The average Bonchev–Trinajstić information content (AvgIpc) is 3.33. The summed E-state index contributed by atoms with van der Waals surface area (Å²) < 4.78 is 7.12. The van der Waals surface area contributed by atoms with Crippen molar-refractivity contribution < 1.29 is 9.38 Å². The standard InChI is InChI=1S/C31H35NO2/c1-29-15-14-25-19-24-10-11-26(32(2,3)33)20-30(24)16-17-31(25,34-30)28(29)13-12-27(29)23-9-8-21-6-4-5-7-22(21)18-23/h4-9,12,14,18-19,26,28H,10-11,13,15-17,20H2,1-3H3/t26-,28-,29-,30-,31-/m1/s1. The van der Waals surface area contributed by atoms with Crippen LogP contribution in [0.1, 0.15) is 57.4 Å². The Morgan fingerprint density at radius 2 is 1.85 bits per heavy atom. The minimum absolute atomic E-state index is 0.0742. The molecule has 1 saturated carbocycles. The first-order valence-electron chi connectivity index (χ1n) is 13.1. The van der Waals surface area contributed by atoms with Crippen LogP contribution in [0.2, 0.25) is 0 Å².